The molecule has 8 heteroatoms. The third kappa shape index (κ3) is 4.46. The van der Waals surface area contributed by atoms with Crippen molar-refractivity contribution in [2.45, 2.75) is 20.9 Å². The van der Waals surface area contributed by atoms with Gasteiger partial charge in [-0.15, -0.1) is 10.2 Å². The predicted octanol–water partition coefficient (Wildman–Crippen LogP) is 3.25. The Morgan fingerprint density at radius 1 is 1.33 bits per heavy atom. The molecule has 0 radical (unpaired) electrons. The summed E-state index contributed by atoms with van der Waals surface area (Å²) in [4.78, 5) is 12.1. The van der Waals surface area contributed by atoms with Gasteiger partial charge in [-0.3, -0.25) is 4.79 Å². The van der Waals surface area contributed by atoms with Crippen molar-refractivity contribution < 1.29 is 4.79 Å². The van der Waals surface area contributed by atoms with Gasteiger partial charge in [0.2, 0.25) is 5.91 Å². The van der Waals surface area contributed by atoms with Gasteiger partial charge in [-0.2, -0.15) is 5.26 Å². The molecule has 1 atom stereocenters. The largest absolute Gasteiger partial charge is 0.325 e. The van der Waals surface area contributed by atoms with Crippen molar-refractivity contribution in [2.24, 2.45) is 0 Å². The van der Waals surface area contributed by atoms with Crippen LogP contribution in [0.1, 0.15) is 12.5 Å². The molecule has 0 saturated carbocycles. The summed E-state index contributed by atoms with van der Waals surface area (Å²) in [6.45, 7) is 1.82. The molecule has 108 valence electrons. The number of rotatable bonds is 5. The number of carbonyl (C=O) groups excluding carboxylic acids is 1. The standard InChI is InChI=1S/C13H12N4OS3/c1-8(20-13-17-16-12(19-2)21-13)11(18)15-10-5-3-9(7-14)4-6-10/h3-6,8H,1-2H3,(H,15,18)/t8-/m0/s1. The van der Waals surface area contributed by atoms with Gasteiger partial charge in [0.1, 0.15) is 0 Å². The van der Waals surface area contributed by atoms with E-state index in [4.69, 9.17) is 5.26 Å². The fraction of sp³-hybridized carbons (Fsp3) is 0.231. The molecule has 1 heterocycles. The summed E-state index contributed by atoms with van der Waals surface area (Å²) >= 11 is 4.40. The Balaban J connectivity index is 1.94. The van der Waals surface area contributed by atoms with Crippen LogP contribution in [0.3, 0.4) is 0 Å². The second kappa shape index (κ2) is 7.45. The van der Waals surface area contributed by atoms with Crippen LogP contribution in [0.4, 0.5) is 5.69 Å². The zero-order valence-electron chi connectivity index (χ0n) is 11.4. The summed E-state index contributed by atoms with van der Waals surface area (Å²) in [7, 11) is 0. The number of hydrogen-bond acceptors (Lipinski definition) is 7. The molecule has 1 aromatic carbocycles. The van der Waals surface area contributed by atoms with Crippen LogP contribution < -0.4 is 5.32 Å². The van der Waals surface area contributed by atoms with E-state index in [2.05, 4.69) is 15.5 Å². The molecule has 1 aromatic heterocycles. The predicted molar refractivity (Wildman–Crippen MR) is 86.8 cm³/mol. The smallest absolute Gasteiger partial charge is 0.237 e. The Bertz CT molecular complexity index is 663. The van der Waals surface area contributed by atoms with Crippen molar-refractivity contribution in [1.29, 1.82) is 5.26 Å². The highest BCUT2D eigenvalue weighted by atomic mass is 32.2. The van der Waals surface area contributed by atoms with Crippen LogP contribution in [-0.2, 0) is 4.79 Å². The summed E-state index contributed by atoms with van der Waals surface area (Å²) in [5.41, 5.74) is 1.24. The maximum Gasteiger partial charge on any atom is 0.237 e. The molecule has 0 fully saturated rings. The van der Waals surface area contributed by atoms with E-state index in [-0.39, 0.29) is 11.2 Å². The van der Waals surface area contributed by atoms with E-state index in [9.17, 15) is 4.79 Å². The summed E-state index contributed by atoms with van der Waals surface area (Å²) in [5, 5.41) is 19.3. The van der Waals surface area contributed by atoms with Crippen molar-refractivity contribution in [3.8, 4) is 6.07 Å². The lowest BCUT2D eigenvalue weighted by Crippen LogP contribution is -2.22. The molecule has 2 rings (SSSR count). The normalized spacial score (nSPS) is 11.7. The van der Waals surface area contributed by atoms with E-state index in [1.807, 2.05) is 19.2 Å². The summed E-state index contributed by atoms with van der Waals surface area (Å²) in [5.74, 6) is -0.106. The minimum atomic E-state index is -0.275. The Kier molecular flexibility index (Phi) is 5.61. The van der Waals surface area contributed by atoms with Crippen LogP contribution in [0.15, 0.2) is 32.9 Å². The molecule has 5 nitrogen and oxygen atoms in total. The molecule has 0 aliphatic heterocycles. The van der Waals surface area contributed by atoms with E-state index < -0.39 is 0 Å². The molecule has 21 heavy (non-hydrogen) atoms. The van der Waals surface area contributed by atoms with Gasteiger partial charge in [-0.1, -0.05) is 34.9 Å². The van der Waals surface area contributed by atoms with E-state index >= 15 is 0 Å². The fourth-order valence-corrected chi connectivity index (χ4v) is 3.99. The molecule has 1 N–H and O–H groups in total. The monoisotopic (exact) mass is 336 g/mol. The van der Waals surface area contributed by atoms with Crippen LogP contribution in [0, 0.1) is 11.3 Å². The first kappa shape index (κ1) is 15.8. The average molecular weight is 336 g/mol. The third-order valence-corrected chi connectivity index (χ3v) is 5.57. The van der Waals surface area contributed by atoms with Crippen LogP contribution >= 0.6 is 34.9 Å². The van der Waals surface area contributed by atoms with Gasteiger partial charge < -0.3 is 5.32 Å². The number of nitrogens with one attached hydrogen (secondary N) is 1. The minimum Gasteiger partial charge on any atom is -0.325 e. The van der Waals surface area contributed by atoms with E-state index in [1.165, 1.54) is 34.9 Å². The zero-order chi connectivity index (χ0) is 15.2. The first-order chi connectivity index (χ1) is 10.1. The highest BCUT2D eigenvalue weighted by Gasteiger charge is 2.17. The molecule has 1 amide bonds. The molecule has 0 unspecified atom stereocenters. The molecule has 0 bridgehead atoms. The lowest BCUT2D eigenvalue weighted by molar-refractivity contribution is -0.115. The van der Waals surface area contributed by atoms with E-state index in [1.54, 1.807) is 24.3 Å². The zero-order valence-corrected chi connectivity index (χ0v) is 13.8. The molecular formula is C13H12N4OS3. The van der Waals surface area contributed by atoms with Gasteiger partial charge in [0.25, 0.3) is 0 Å². The van der Waals surface area contributed by atoms with Gasteiger partial charge in [-0.25, -0.2) is 0 Å². The Hall–Kier alpha value is -1.56. The van der Waals surface area contributed by atoms with E-state index in [0.29, 0.717) is 11.3 Å². The van der Waals surface area contributed by atoms with Gasteiger partial charge in [0.05, 0.1) is 16.9 Å². The lowest BCUT2D eigenvalue weighted by Gasteiger charge is -2.10. The quantitative estimate of drug-likeness (QED) is 0.844. The lowest BCUT2D eigenvalue weighted by atomic mass is 10.2. The highest BCUT2D eigenvalue weighted by molar-refractivity contribution is 8.03. The molecule has 0 spiro atoms. The van der Waals surface area contributed by atoms with Gasteiger partial charge in [-0.05, 0) is 37.4 Å². The number of aromatic nitrogens is 2. The SMILES string of the molecule is CSc1nnc(S[C@@H](C)C(=O)Nc2ccc(C#N)cc2)s1. The Labute approximate surface area is 135 Å². The number of hydrogen-bond donors (Lipinski definition) is 1. The van der Waals surface area contributed by atoms with Crippen molar-refractivity contribution in [3.05, 3.63) is 29.8 Å². The molecule has 2 aromatic rings. The average Bonchev–Trinajstić information content (AvgIpc) is 2.95. The summed E-state index contributed by atoms with van der Waals surface area (Å²) in [6.07, 6.45) is 1.94. The Morgan fingerprint density at radius 2 is 2.00 bits per heavy atom. The second-order valence-electron chi connectivity index (χ2n) is 3.98. The maximum atomic E-state index is 12.1. The first-order valence-electron chi connectivity index (χ1n) is 5.97. The second-order valence-corrected chi connectivity index (χ2v) is 7.60. The van der Waals surface area contributed by atoms with Crippen LogP contribution in [0.2, 0.25) is 0 Å². The summed E-state index contributed by atoms with van der Waals surface area (Å²) in [6, 6.07) is 8.80. The number of thioether (sulfide) groups is 2. The number of nitrogens with zero attached hydrogens (tertiary/aromatic N) is 3. The minimum absolute atomic E-state index is 0.106. The topological polar surface area (TPSA) is 78.7 Å². The number of nitriles is 1. The van der Waals surface area contributed by atoms with E-state index in [0.717, 1.165) is 8.68 Å². The van der Waals surface area contributed by atoms with Crippen LogP contribution in [0.5, 0.6) is 0 Å². The fourth-order valence-electron chi connectivity index (χ4n) is 1.40. The van der Waals surface area contributed by atoms with Crippen LogP contribution in [0.25, 0.3) is 0 Å². The first-order valence-corrected chi connectivity index (χ1v) is 8.89. The van der Waals surface area contributed by atoms with Crippen molar-refractivity contribution in [1.82, 2.24) is 10.2 Å². The number of amides is 1. The Morgan fingerprint density at radius 3 is 2.57 bits per heavy atom. The number of anilines is 1. The number of carbonyl (C=O) groups is 1. The summed E-state index contributed by atoms with van der Waals surface area (Å²) < 4.78 is 1.67. The van der Waals surface area contributed by atoms with Gasteiger partial charge >= 0.3 is 0 Å². The number of benzene rings is 1. The third-order valence-electron chi connectivity index (χ3n) is 2.49. The van der Waals surface area contributed by atoms with Gasteiger partial charge in [0.15, 0.2) is 8.68 Å². The van der Waals surface area contributed by atoms with Crippen molar-refractivity contribution >= 4 is 46.5 Å². The molecule has 0 saturated heterocycles. The van der Waals surface area contributed by atoms with Crippen molar-refractivity contribution in [3.63, 3.8) is 0 Å². The van der Waals surface area contributed by atoms with Gasteiger partial charge in [0, 0.05) is 5.69 Å². The maximum absolute atomic E-state index is 12.1. The molecule has 0 aliphatic carbocycles. The van der Waals surface area contributed by atoms with Crippen molar-refractivity contribution in [2.75, 3.05) is 11.6 Å². The van der Waals surface area contributed by atoms with Crippen LogP contribution in [-0.4, -0.2) is 27.6 Å². The molecule has 0 aliphatic rings. The highest BCUT2D eigenvalue weighted by Crippen LogP contribution is 2.30. The molecular weight excluding hydrogens is 324 g/mol.